The highest BCUT2D eigenvalue weighted by atomic mass is 19.3. The number of rotatable bonds is 1. The molecule has 92 valence electrons. The van der Waals surface area contributed by atoms with Gasteiger partial charge in [0.1, 0.15) is 5.82 Å². The number of hydrogen-bond acceptors (Lipinski definition) is 3. The van der Waals surface area contributed by atoms with Crippen molar-refractivity contribution in [3.8, 4) is 0 Å². The molecular formula is C12H15F2N3. The number of fused-ring (bicyclic) bond motifs is 1. The molecule has 1 atom stereocenters. The largest absolute Gasteiger partial charge is 0.312 e. The van der Waals surface area contributed by atoms with Crippen LogP contribution in [0.1, 0.15) is 42.3 Å². The van der Waals surface area contributed by atoms with Gasteiger partial charge in [0.25, 0.3) is 0 Å². The molecule has 0 bridgehead atoms. The van der Waals surface area contributed by atoms with Gasteiger partial charge in [-0.05, 0) is 6.42 Å². The fourth-order valence-electron chi connectivity index (χ4n) is 2.62. The lowest BCUT2D eigenvalue weighted by Gasteiger charge is -2.17. The SMILES string of the molecule is FC1(F)CCC(c2ncc3c(n2)CCNC3)C1. The van der Waals surface area contributed by atoms with Gasteiger partial charge in [-0.15, -0.1) is 0 Å². The monoisotopic (exact) mass is 239 g/mol. The van der Waals surface area contributed by atoms with Crippen LogP contribution in [-0.4, -0.2) is 22.4 Å². The van der Waals surface area contributed by atoms with Crippen molar-refractivity contribution in [3.63, 3.8) is 0 Å². The second-order valence-corrected chi connectivity index (χ2v) is 4.92. The molecule has 1 unspecified atom stereocenters. The summed E-state index contributed by atoms with van der Waals surface area (Å²) < 4.78 is 26.3. The number of nitrogens with zero attached hydrogens (tertiary/aromatic N) is 2. The van der Waals surface area contributed by atoms with Crippen LogP contribution in [0.3, 0.4) is 0 Å². The molecule has 0 saturated heterocycles. The first-order valence-electron chi connectivity index (χ1n) is 6.07. The Morgan fingerprint density at radius 1 is 1.41 bits per heavy atom. The van der Waals surface area contributed by atoms with Gasteiger partial charge in [0, 0.05) is 55.7 Å². The van der Waals surface area contributed by atoms with Crippen molar-refractivity contribution in [2.75, 3.05) is 6.54 Å². The predicted octanol–water partition coefficient (Wildman–Crippen LogP) is 2.03. The van der Waals surface area contributed by atoms with E-state index in [1.165, 1.54) is 0 Å². The summed E-state index contributed by atoms with van der Waals surface area (Å²) in [7, 11) is 0. The van der Waals surface area contributed by atoms with Crippen LogP contribution in [0.5, 0.6) is 0 Å². The van der Waals surface area contributed by atoms with E-state index in [1.807, 2.05) is 0 Å². The minimum absolute atomic E-state index is 0.0281. The zero-order chi connectivity index (χ0) is 11.9. The van der Waals surface area contributed by atoms with Crippen molar-refractivity contribution in [2.24, 2.45) is 0 Å². The number of aromatic nitrogens is 2. The molecule has 1 saturated carbocycles. The fourth-order valence-corrected chi connectivity index (χ4v) is 2.62. The maximum Gasteiger partial charge on any atom is 0.248 e. The van der Waals surface area contributed by atoms with Crippen LogP contribution in [-0.2, 0) is 13.0 Å². The Kier molecular flexibility index (Phi) is 2.58. The predicted molar refractivity (Wildman–Crippen MR) is 59.0 cm³/mol. The van der Waals surface area contributed by atoms with E-state index in [0.29, 0.717) is 12.2 Å². The van der Waals surface area contributed by atoms with Gasteiger partial charge in [-0.3, -0.25) is 0 Å². The van der Waals surface area contributed by atoms with Gasteiger partial charge in [0.05, 0.1) is 0 Å². The molecular weight excluding hydrogens is 224 g/mol. The molecule has 17 heavy (non-hydrogen) atoms. The van der Waals surface area contributed by atoms with Crippen molar-refractivity contribution >= 4 is 0 Å². The summed E-state index contributed by atoms with van der Waals surface area (Å²) in [4.78, 5) is 8.73. The Morgan fingerprint density at radius 3 is 3.06 bits per heavy atom. The highest BCUT2D eigenvalue weighted by Gasteiger charge is 2.41. The molecule has 1 aromatic rings. The summed E-state index contributed by atoms with van der Waals surface area (Å²) in [6, 6.07) is 0. The Morgan fingerprint density at radius 2 is 2.29 bits per heavy atom. The van der Waals surface area contributed by atoms with Crippen LogP contribution >= 0.6 is 0 Å². The Balaban J connectivity index is 1.84. The number of nitrogens with one attached hydrogen (secondary N) is 1. The third-order valence-corrected chi connectivity index (χ3v) is 3.60. The highest BCUT2D eigenvalue weighted by Crippen LogP contribution is 2.43. The molecule has 2 aliphatic rings. The maximum absolute atomic E-state index is 13.2. The summed E-state index contributed by atoms with van der Waals surface area (Å²) >= 11 is 0. The zero-order valence-electron chi connectivity index (χ0n) is 9.55. The van der Waals surface area contributed by atoms with Gasteiger partial charge in [-0.2, -0.15) is 0 Å². The second-order valence-electron chi connectivity index (χ2n) is 4.92. The fraction of sp³-hybridized carbons (Fsp3) is 0.667. The summed E-state index contributed by atoms with van der Waals surface area (Å²) in [5.74, 6) is -2.07. The van der Waals surface area contributed by atoms with Gasteiger partial charge >= 0.3 is 0 Å². The van der Waals surface area contributed by atoms with Crippen LogP contribution in [0.15, 0.2) is 6.20 Å². The van der Waals surface area contributed by atoms with E-state index in [4.69, 9.17) is 0 Å². The third kappa shape index (κ3) is 2.16. The van der Waals surface area contributed by atoms with Crippen LogP contribution < -0.4 is 5.32 Å². The molecule has 3 nitrogen and oxygen atoms in total. The van der Waals surface area contributed by atoms with Gasteiger partial charge in [0.2, 0.25) is 5.92 Å². The van der Waals surface area contributed by atoms with Crippen LogP contribution in [0, 0.1) is 0 Å². The minimum Gasteiger partial charge on any atom is -0.312 e. The lowest BCUT2D eigenvalue weighted by molar-refractivity contribution is 0.00753. The number of hydrogen-bond donors (Lipinski definition) is 1. The van der Waals surface area contributed by atoms with Crippen molar-refractivity contribution in [1.29, 1.82) is 0 Å². The molecule has 1 aliphatic heterocycles. The molecule has 0 spiro atoms. The molecule has 1 aromatic heterocycles. The van der Waals surface area contributed by atoms with E-state index in [2.05, 4.69) is 15.3 Å². The van der Waals surface area contributed by atoms with E-state index in [0.717, 1.165) is 30.8 Å². The summed E-state index contributed by atoms with van der Waals surface area (Å²) in [5, 5.41) is 3.24. The van der Waals surface area contributed by atoms with Gasteiger partial charge < -0.3 is 5.32 Å². The topological polar surface area (TPSA) is 37.8 Å². The molecule has 1 aliphatic carbocycles. The molecule has 0 amide bonds. The molecule has 0 radical (unpaired) electrons. The summed E-state index contributed by atoms with van der Waals surface area (Å²) in [6.45, 7) is 1.70. The van der Waals surface area contributed by atoms with Gasteiger partial charge in [-0.1, -0.05) is 0 Å². The molecule has 5 heteroatoms. The first kappa shape index (κ1) is 11.0. The second kappa shape index (κ2) is 3.98. The van der Waals surface area contributed by atoms with Gasteiger partial charge in [0.15, 0.2) is 0 Å². The molecule has 1 N–H and O–H groups in total. The maximum atomic E-state index is 13.2. The minimum atomic E-state index is -2.52. The van der Waals surface area contributed by atoms with Crippen LogP contribution in [0.25, 0.3) is 0 Å². The Bertz CT molecular complexity index is 434. The zero-order valence-corrected chi connectivity index (χ0v) is 9.55. The van der Waals surface area contributed by atoms with Gasteiger partial charge in [-0.25, -0.2) is 18.7 Å². The highest BCUT2D eigenvalue weighted by molar-refractivity contribution is 5.21. The summed E-state index contributed by atoms with van der Waals surface area (Å²) in [5.41, 5.74) is 2.13. The lowest BCUT2D eigenvalue weighted by Crippen LogP contribution is -2.25. The quantitative estimate of drug-likeness (QED) is 0.814. The molecule has 0 aromatic carbocycles. The van der Waals surface area contributed by atoms with E-state index >= 15 is 0 Å². The van der Waals surface area contributed by atoms with Crippen molar-refractivity contribution in [3.05, 3.63) is 23.3 Å². The summed E-state index contributed by atoms with van der Waals surface area (Å²) in [6.07, 6.45) is 3.04. The number of halogens is 2. The standard InChI is InChI=1S/C12H15F2N3/c13-12(14)3-1-8(5-12)11-16-7-9-6-15-4-2-10(9)17-11/h7-8,15H,1-6H2. The van der Waals surface area contributed by atoms with E-state index < -0.39 is 5.92 Å². The van der Waals surface area contributed by atoms with Crippen molar-refractivity contribution < 1.29 is 8.78 Å². The first-order valence-corrected chi connectivity index (χ1v) is 6.07. The lowest BCUT2D eigenvalue weighted by atomic mass is 10.1. The first-order chi connectivity index (χ1) is 8.14. The average molecular weight is 239 g/mol. The molecule has 2 heterocycles. The van der Waals surface area contributed by atoms with E-state index in [9.17, 15) is 8.78 Å². The average Bonchev–Trinajstić information content (AvgIpc) is 2.69. The van der Waals surface area contributed by atoms with Crippen molar-refractivity contribution in [2.45, 2.75) is 44.1 Å². The van der Waals surface area contributed by atoms with Crippen LogP contribution in [0.2, 0.25) is 0 Å². The normalized spacial score (nSPS) is 26.8. The Labute approximate surface area is 98.7 Å². The number of alkyl halides is 2. The van der Waals surface area contributed by atoms with Crippen molar-refractivity contribution in [1.82, 2.24) is 15.3 Å². The van der Waals surface area contributed by atoms with E-state index in [1.54, 1.807) is 6.20 Å². The van der Waals surface area contributed by atoms with E-state index in [-0.39, 0.29) is 18.8 Å². The smallest absolute Gasteiger partial charge is 0.248 e. The third-order valence-electron chi connectivity index (χ3n) is 3.60. The Hall–Kier alpha value is -1.10. The molecule has 3 rings (SSSR count). The van der Waals surface area contributed by atoms with Crippen LogP contribution in [0.4, 0.5) is 8.78 Å². The molecule has 1 fully saturated rings.